The van der Waals surface area contributed by atoms with Crippen LogP contribution in [0, 0.1) is 11.3 Å². The van der Waals surface area contributed by atoms with Gasteiger partial charge in [-0.05, 0) is 24.8 Å². The second-order valence-electron chi connectivity index (χ2n) is 6.35. The summed E-state index contributed by atoms with van der Waals surface area (Å²) in [7, 11) is -1.30. The minimum atomic E-state index is -1.30. The minimum Gasteiger partial charge on any atom is -0.481 e. The van der Waals surface area contributed by atoms with E-state index in [0.29, 0.717) is 5.92 Å². The lowest BCUT2D eigenvalue weighted by Gasteiger charge is -2.42. The van der Waals surface area contributed by atoms with Crippen LogP contribution >= 0.6 is 0 Å². The molecule has 0 aliphatic heterocycles. The molecule has 1 N–H and O–H groups in total. The number of carbonyl (C=O) groups is 1. The molecule has 15 heavy (non-hydrogen) atoms. The highest BCUT2D eigenvalue weighted by atomic mass is 28.3. The van der Waals surface area contributed by atoms with Crippen LogP contribution < -0.4 is 0 Å². The van der Waals surface area contributed by atoms with E-state index in [4.69, 9.17) is 0 Å². The van der Waals surface area contributed by atoms with Crippen molar-refractivity contribution in [3.05, 3.63) is 0 Å². The molecule has 0 aromatic carbocycles. The second-order valence-corrected chi connectivity index (χ2v) is 11.8. The lowest BCUT2D eigenvalue weighted by Crippen LogP contribution is -2.45. The fraction of sp³-hybridized carbons (Fsp3) is 0.917. The van der Waals surface area contributed by atoms with Gasteiger partial charge in [0.1, 0.15) is 0 Å². The Kier molecular flexibility index (Phi) is 3.64. The number of hydrogen-bond acceptors (Lipinski definition) is 1. The summed E-state index contributed by atoms with van der Waals surface area (Å²) in [5.41, 5.74) is -0.400. The van der Waals surface area contributed by atoms with Gasteiger partial charge in [-0.15, -0.1) is 0 Å². The minimum absolute atomic E-state index is 0.357. The molecule has 0 aromatic rings. The van der Waals surface area contributed by atoms with Crippen LogP contribution in [0.5, 0.6) is 0 Å². The Morgan fingerprint density at radius 2 is 2.00 bits per heavy atom. The smallest absolute Gasteiger partial charge is 0.309 e. The van der Waals surface area contributed by atoms with Gasteiger partial charge in [0.05, 0.1) is 5.41 Å². The molecular weight excluding hydrogens is 204 g/mol. The predicted octanol–water partition coefficient (Wildman–Crippen LogP) is 3.61. The SMILES string of the molecule is CC1CCCCC1(C[Si](C)(C)C)C(=O)O. The molecule has 0 amide bonds. The van der Waals surface area contributed by atoms with Crippen LogP contribution in [0.4, 0.5) is 0 Å². The first kappa shape index (κ1) is 12.8. The van der Waals surface area contributed by atoms with Crippen LogP contribution in [0.15, 0.2) is 0 Å². The number of hydrogen-bond donors (Lipinski definition) is 1. The van der Waals surface area contributed by atoms with Crippen LogP contribution in [0.1, 0.15) is 32.6 Å². The first-order valence-electron chi connectivity index (χ1n) is 6.01. The third-order valence-corrected chi connectivity index (χ3v) is 5.42. The van der Waals surface area contributed by atoms with E-state index in [9.17, 15) is 9.90 Å². The Balaban J connectivity index is 2.91. The average Bonchev–Trinajstić information content (AvgIpc) is 2.06. The van der Waals surface area contributed by atoms with Crippen LogP contribution in [0.25, 0.3) is 0 Å². The van der Waals surface area contributed by atoms with Gasteiger partial charge < -0.3 is 5.11 Å². The molecule has 1 fully saturated rings. The number of carboxylic acid groups (broad SMARTS) is 1. The summed E-state index contributed by atoms with van der Waals surface area (Å²) < 4.78 is 0. The van der Waals surface area contributed by atoms with Crippen LogP contribution in [-0.4, -0.2) is 19.1 Å². The standard InChI is InChI=1S/C12H24O2Si/c1-10-7-5-6-8-12(10,11(13)14)9-15(2,3)4/h10H,5-9H2,1-4H3,(H,13,14). The second kappa shape index (κ2) is 4.28. The van der Waals surface area contributed by atoms with E-state index < -0.39 is 19.5 Å². The molecule has 2 atom stereocenters. The third kappa shape index (κ3) is 2.83. The first-order valence-corrected chi connectivity index (χ1v) is 9.72. The van der Waals surface area contributed by atoms with E-state index in [0.717, 1.165) is 25.3 Å². The molecule has 0 spiro atoms. The highest BCUT2D eigenvalue weighted by molar-refractivity contribution is 6.76. The van der Waals surface area contributed by atoms with Crippen molar-refractivity contribution in [3.8, 4) is 0 Å². The molecule has 0 saturated heterocycles. The number of rotatable bonds is 3. The Labute approximate surface area is 94.1 Å². The Hall–Kier alpha value is -0.313. The normalized spacial score (nSPS) is 32.7. The molecule has 1 saturated carbocycles. The lowest BCUT2D eigenvalue weighted by atomic mass is 9.68. The molecule has 3 heteroatoms. The van der Waals surface area contributed by atoms with Crippen LogP contribution in [0.3, 0.4) is 0 Å². The van der Waals surface area contributed by atoms with E-state index in [1.54, 1.807) is 0 Å². The fourth-order valence-corrected chi connectivity index (χ4v) is 5.59. The zero-order valence-electron chi connectivity index (χ0n) is 10.5. The van der Waals surface area contributed by atoms with Gasteiger partial charge in [0.2, 0.25) is 0 Å². The molecule has 1 rings (SSSR count). The van der Waals surface area contributed by atoms with Gasteiger partial charge in [0.25, 0.3) is 0 Å². The van der Waals surface area contributed by atoms with Crippen molar-refractivity contribution in [2.75, 3.05) is 0 Å². The quantitative estimate of drug-likeness (QED) is 0.749. The summed E-state index contributed by atoms with van der Waals surface area (Å²) >= 11 is 0. The maximum atomic E-state index is 11.6. The Morgan fingerprint density at radius 1 is 1.40 bits per heavy atom. The maximum Gasteiger partial charge on any atom is 0.309 e. The van der Waals surface area contributed by atoms with E-state index in [-0.39, 0.29) is 0 Å². The van der Waals surface area contributed by atoms with E-state index in [2.05, 4.69) is 26.6 Å². The highest BCUT2D eigenvalue weighted by Gasteiger charge is 2.47. The summed E-state index contributed by atoms with van der Waals surface area (Å²) in [4.78, 5) is 11.6. The molecule has 2 unspecified atom stereocenters. The average molecular weight is 228 g/mol. The largest absolute Gasteiger partial charge is 0.481 e. The summed E-state index contributed by atoms with van der Waals surface area (Å²) in [5, 5.41) is 9.54. The maximum absolute atomic E-state index is 11.6. The molecule has 0 heterocycles. The van der Waals surface area contributed by atoms with E-state index >= 15 is 0 Å². The zero-order chi connectivity index (χ0) is 11.7. The van der Waals surface area contributed by atoms with Gasteiger partial charge >= 0.3 is 5.97 Å². The molecule has 88 valence electrons. The summed E-state index contributed by atoms with van der Waals surface area (Å²) in [5.74, 6) is -0.187. The summed E-state index contributed by atoms with van der Waals surface area (Å²) in [6.45, 7) is 8.96. The van der Waals surface area contributed by atoms with Crippen LogP contribution in [0.2, 0.25) is 25.7 Å². The zero-order valence-corrected chi connectivity index (χ0v) is 11.5. The van der Waals surface area contributed by atoms with Crippen molar-refractivity contribution >= 4 is 14.0 Å². The highest BCUT2D eigenvalue weighted by Crippen LogP contribution is 2.47. The van der Waals surface area contributed by atoms with E-state index in [1.807, 2.05) is 0 Å². The van der Waals surface area contributed by atoms with Gasteiger partial charge in [-0.2, -0.15) is 0 Å². The predicted molar refractivity (Wildman–Crippen MR) is 65.9 cm³/mol. The lowest BCUT2D eigenvalue weighted by molar-refractivity contribution is -0.153. The molecular formula is C12H24O2Si. The number of carboxylic acids is 1. The molecule has 2 nitrogen and oxygen atoms in total. The van der Waals surface area contributed by atoms with Crippen molar-refractivity contribution in [2.45, 2.75) is 58.3 Å². The van der Waals surface area contributed by atoms with Gasteiger partial charge in [-0.25, -0.2) is 0 Å². The van der Waals surface area contributed by atoms with Crippen molar-refractivity contribution in [3.63, 3.8) is 0 Å². The molecule has 1 aliphatic rings. The third-order valence-electron chi connectivity index (χ3n) is 3.73. The van der Waals surface area contributed by atoms with Crippen molar-refractivity contribution in [1.82, 2.24) is 0 Å². The van der Waals surface area contributed by atoms with Crippen molar-refractivity contribution in [2.24, 2.45) is 11.3 Å². The number of aliphatic carboxylic acids is 1. The van der Waals surface area contributed by atoms with Gasteiger partial charge in [-0.3, -0.25) is 4.79 Å². The van der Waals surface area contributed by atoms with Crippen molar-refractivity contribution < 1.29 is 9.90 Å². The van der Waals surface area contributed by atoms with Gasteiger partial charge in [0, 0.05) is 8.07 Å². The van der Waals surface area contributed by atoms with E-state index in [1.165, 1.54) is 6.42 Å². The fourth-order valence-electron chi connectivity index (χ4n) is 3.02. The molecule has 1 aliphatic carbocycles. The summed E-state index contributed by atoms with van der Waals surface area (Å²) in [6.07, 6.45) is 4.30. The van der Waals surface area contributed by atoms with Crippen molar-refractivity contribution in [1.29, 1.82) is 0 Å². The van der Waals surface area contributed by atoms with Crippen LogP contribution in [-0.2, 0) is 4.79 Å². The molecule has 0 radical (unpaired) electrons. The Morgan fingerprint density at radius 3 is 2.40 bits per heavy atom. The first-order chi connectivity index (χ1) is 6.78. The molecule has 0 bridgehead atoms. The topological polar surface area (TPSA) is 37.3 Å². The van der Waals surface area contributed by atoms with Gasteiger partial charge in [0.15, 0.2) is 0 Å². The summed E-state index contributed by atoms with van der Waals surface area (Å²) in [6, 6.07) is 0.941. The molecule has 0 aromatic heterocycles. The monoisotopic (exact) mass is 228 g/mol. The Bertz CT molecular complexity index is 244. The van der Waals surface area contributed by atoms with Gasteiger partial charge in [-0.1, -0.05) is 39.4 Å².